The minimum atomic E-state index is -0.452. The molecule has 0 radical (unpaired) electrons. The Kier molecular flexibility index (Phi) is 4.21. The molecule has 0 saturated carbocycles. The van der Waals surface area contributed by atoms with Crippen LogP contribution in [-0.2, 0) is 4.79 Å². The van der Waals surface area contributed by atoms with Gasteiger partial charge in [-0.05, 0) is 26.0 Å². The van der Waals surface area contributed by atoms with Crippen molar-refractivity contribution in [1.29, 1.82) is 0 Å². The number of nitrogens with zero attached hydrogens (tertiary/aromatic N) is 4. The van der Waals surface area contributed by atoms with Crippen molar-refractivity contribution in [3.63, 3.8) is 0 Å². The summed E-state index contributed by atoms with van der Waals surface area (Å²) in [5.74, 6) is -0.735. The summed E-state index contributed by atoms with van der Waals surface area (Å²) in [6, 6.07) is 4.79. The summed E-state index contributed by atoms with van der Waals surface area (Å²) < 4.78 is 1.36. The van der Waals surface area contributed by atoms with Gasteiger partial charge in [0.25, 0.3) is 11.8 Å². The fourth-order valence-corrected chi connectivity index (χ4v) is 2.05. The lowest BCUT2D eigenvalue weighted by atomic mass is 10.4. The molecule has 7 heteroatoms. The average molecular weight is 290 g/mol. The van der Waals surface area contributed by atoms with Gasteiger partial charge in [0, 0.05) is 19.3 Å². The molecule has 2 heterocycles. The fourth-order valence-electron chi connectivity index (χ4n) is 2.05. The number of carbonyl (C=O) groups is 3. The molecule has 0 aromatic carbocycles. The van der Waals surface area contributed by atoms with Crippen LogP contribution in [0.5, 0.6) is 0 Å². The molecule has 21 heavy (non-hydrogen) atoms. The Hall–Kier alpha value is -2.44. The topological polar surface area (TPSA) is 75.0 Å². The minimum Gasteiger partial charge on any atom is -0.318 e. The summed E-state index contributed by atoms with van der Waals surface area (Å²) in [5, 5.41) is 0. The first kappa shape index (κ1) is 15.0. The van der Waals surface area contributed by atoms with Crippen LogP contribution >= 0.6 is 0 Å². The molecule has 1 aromatic heterocycles. The monoisotopic (exact) mass is 290 g/mol. The number of carbonyl (C=O) groups excluding carboxylic acids is 3. The predicted octanol–water partition coefficient (Wildman–Crippen LogP) is 0.331. The van der Waals surface area contributed by atoms with Gasteiger partial charge in [0.15, 0.2) is 0 Å². The van der Waals surface area contributed by atoms with Crippen LogP contribution in [0.4, 0.5) is 4.79 Å². The Morgan fingerprint density at radius 3 is 2.62 bits per heavy atom. The van der Waals surface area contributed by atoms with Gasteiger partial charge < -0.3 is 4.90 Å². The van der Waals surface area contributed by atoms with Crippen LogP contribution in [0.25, 0.3) is 0 Å². The van der Waals surface area contributed by atoms with Gasteiger partial charge in [0.1, 0.15) is 18.6 Å². The number of hydrogen-bond acceptors (Lipinski definition) is 4. The zero-order chi connectivity index (χ0) is 15.6. The summed E-state index contributed by atoms with van der Waals surface area (Å²) in [6.07, 6.45) is 1.58. The number of hydrogen-bond donors (Lipinski definition) is 0. The van der Waals surface area contributed by atoms with Gasteiger partial charge in [-0.2, -0.15) is 0 Å². The molecular weight excluding hydrogens is 272 g/mol. The summed E-state index contributed by atoms with van der Waals surface area (Å²) >= 11 is 0. The van der Waals surface area contributed by atoms with E-state index in [4.69, 9.17) is 0 Å². The highest BCUT2D eigenvalue weighted by Crippen LogP contribution is 2.07. The third-order valence-corrected chi connectivity index (χ3v) is 3.02. The van der Waals surface area contributed by atoms with Crippen molar-refractivity contribution < 1.29 is 14.4 Å². The SMILES string of the molecule is CC(C)N=c1ccccn1C(=O)CN1C(=O)CN(C)C1=O. The Morgan fingerprint density at radius 1 is 1.33 bits per heavy atom. The third kappa shape index (κ3) is 3.18. The molecule has 0 bridgehead atoms. The van der Waals surface area contributed by atoms with E-state index in [0.717, 1.165) is 4.90 Å². The van der Waals surface area contributed by atoms with Gasteiger partial charge in [-0.25, -0.2) is 4.79 Å². The van der Waals surface area contributed by atoms with Crippen LogP contribution < -0.4 is 5.49 Å². The normalized spacial score (nSPS) is 16.3. The lowest BCUT2D eigenvalue weighted by molar-refractivity contribution is -0.125. The molecule has 3 amide bonds. The molecule has 0 unspecified atom stereocenters. The fraction of sp³-hybridized carbons (Fsp3) is 0.429. The van der Waals surface area contributed by atoms with Gasteiger partial charge in [0.05, 0.1) is 0 Å². The molecule has 1 fully saturated rings. The van der Waals surface area contributed by atoms with Crippen molar-refractivity contribution in [2.45, 2.75) is 19.9 Å². The second-order valence-electron chi connectivity index (χ2n) is 5.16. The first-order valence-electron chi connectivity index (χ1n) is 6.70. The third-order valence-electron chi connectivity index (χ3n) is 3.02. The summed E-state index contributed by atoms with van der Waals surface area (Å²) in [6.45, 7) is 3.54. The van der Waals surface area contributed by atoms with E-state index in [-0.39, 0.29) is 30.9 Å². The highest BCUT2D eigenvalue weighted by Gasteiger charge is 2.35. The molecule has 1 aliphatic heterocycles. The number of urea groups is 1. The Balaban J connectivity index is 2.26. The van der Waals surface area contributed by atoms with Gasteiger partial charge >= 0.3 is 6.03 Å². The summed E-state index contributed by atoms with van der Waals surface area (Å²) in [4.78, 5) is 42.4. The van der Waals surface area contributed by atoms with Crippen LogP contribution in [0, 0.1) is 0 Å². The minimum absolute atomic E-state index is 0.00873. The molecule has 1 aromatic rings. The number of pyridine rings is 1. The molecule has 0 spiro atoms. The smallest absolute Gasteiger partial charge is 0.318 e. The molecular formula is C14H18N4O3. The molecule has 0 N–H and O–H groups in total. The van der Waals surface area contributed by atoms with Crippen LogP contribution in [0.3, 0.4) is 0 Å². The highest BCUT2D eigenvalue weighted by atomic mass is 16.2. The van der Waals surface area contributed by atoms with Crippen molar-refractivity contribution in [2.24, 2.45) is 4.99 Å². The first-order chi connectivity index (χ1) is 9.90. The Morgan fingerprint density at radius 2 is 2.05 bits per heavy atom. The van der Waals surface area contributed by atoms with E-state index in [1.165, 1.54) is 16.5 Å². The van der Waals surface area contributed by atoms with E-state index in [1.54, 1.807) is 24.4 Å². The Bertz CT molecular complexity index is 648. The maximum atomic E-state index is 12.3. The van der Waals surface area contributed by atoms with Crippen molar-refractivity contribution >= 4 is 17.8 Å². The molecule has 0 aliphatic carbocycles. The predicted molar refractivity (Wildman–Crippen MR) is 75.5 cm³/mol. The lowest BCUT2D eigenvalue weighted by Crippen LogP contribution is -2.40. The van der Waals surface area contributed by atoms with E-state index in [0.29, 0.717) is 5.49 Å². The molecule has 7 nitrogen and oxygen atoms in total. The standard InChI is InChI=1S/C14H18N4O3/c1-10(2)15-11-6-4-5-7-17(11)13(20)9-18-12(19)8-16(3)14(18)21/h4-7,10H,8-9H2,1-3H3. The van der Waals surface area contributed by atoms with Gasteiger partial charge in [0.2, 0.25) is 0 Å². The van der Waals surface area contributed by atoms with Crippen molar-refractivity contribution in [3.05, 3.63) is 29.9 Å². The highest BCUT2D eigenvalue weighted by molar-refractivity contribution is 6.04. The first-order valence-corrected chi connectivity index (χ1v) is 6.70. The van der Waals surface area contributed by atoms with E-state index < -0.39 is 6.03 Å². The van der Waals surface area contributed by atoms with E-state index in [2.05, 4.69) is 4.99 Å². The quantitative estimate of drug-likeness (QED) is 0.753. The van der Waals surface area contributed by atoms with Crippen LogP contribution in [-0.4, -0.2) is 58.4 Å². The Labute approximate surface area is 122 Å². The van der Waals surface area contributed by atoms with Gasteiger partial charge in [-0.3, -0.25) is 24.0 Å². The number of likely N-dealkylation sites (N-methyl/N-ethyl adjacent to an activating group) is 1. The molecule has 112 valence electrons. The zero-order valence-corrected chi connectivity index (χ0v) is 12.3. The average Bonchev–Trinajstić information content (AvgIpc) is 2.65. The molecule has 2 rings (SSSR count). The maximum absolute atomic E-state index is 12.3. The van der Waals surface area contributed by atoms with Crippen molar-refractivity contribution in [3.8, 4) is 0 Å². The number of rotatable bonds is 3. The van der Waals surface area contributed by atoms with Gasteiger partial charge in [-0.1, -0.05) is 6.07 Å². The molecule has 1 aliphatic rings. The van der Waals surface area contributed by atoms with Gasteiger partial charge in [-0.15, -0.1) is 0 Å². The largest absolute Gasteiger partial charge is 0.327 e. The number of amides is 3. The second-order valence-corrected chi connectivity index (χ2v) is 5.16. The van der Waals surface area contributed by atoms with Crippen molar-refractivity contribution in [2.75, 3.05) is 20.1 Å². The van der Waals surface area contributed by atoms with Crippen LogP contribution in [0.1, 0.15) is 18.6 Å². The van der Waals surface area contributed by atoms with Crippen LogP contribution in [0.2, 0.25) is 0 Å². The summed E-state index contributed by atoms with van der Waals surface area (Å²) in [5.41, 5.74) is 0.505. The molecule has 1 saturated heterocycles. The van der Waals surface area contributed by atoms with E-state index >= 15 is 0 Å². The van der Waals surface area contributed by atoms with E-state index in [1.807, 2.05) is 13.8 Å². The number of aromatic nitrogens is 1. The number of imide groups is 1. The van der Waals surface area contributed by atoms with Crippen LogP contribution in [0.15, 0.2) is 29.4 Å². The zero-order valence-electron chi connectivity index (χ0n) is 12.3. The van der Waals surface area contributed by atoms with E-state index in [9.17, 15) is 14.4 Å². The summed E-state index contributed by atoms with van der Waals surface area (Å²) in [7, 11) is 1.53. The second kappa shape index (κ2) is 5.90. The molecule has 0 atom stereocenters. The maximum Gasteiger partial charge on any atom is 0.327 e. The van der Waals surface area contributed by atoms with Crippen molar-refractivity contribution in [1.82, 2.24) is 14.4 Å². The lowest BCUT2D eigenvalue weighted by Gasteiger charge is -2.14.